The molecule has 0 aromatic heterocycles. The monoisotopic (exact) mass is 382 g/mol. The Morgan fingerprint density at radius 3 is 2.03 bits per heavy atom. The summed E-state index contributed by atoms with van der Waals surface area (Å²) in [5.41, 5.74) is 2.23. The molecule has 1 N–H and O–H groups in total. The van der Waals surface area contributed by atoms with E-state index in [4.69, 9.17) is 10.00 Å². The van der Waals surface area contributed by atoms with Crippen molar-refractivity contribution < 1.29 is 9.53 Å². The van der Waals surface area contributed by atoms with Gasteiger partial charge in [-0.25, -0.2) is 0 Å². The number of benzene rings is 3. The highest BCUT2D eigenvalue weighted by atomic mass is 16.5. The van der Waals surface area contributed by atoms with Crippen molar-refractivity contribution in [3.63, 3.8) is 0 Å². The van der Waals surface area contributed by atoms with Crippen molar-refractivity contribution in [2.75, 3.05) is 6.61 Å². The fourth-order valence-electron chi connectivity index (χ4n) is 3.10. The van der Waals surface area contributed by atoms with Gasteiger partial charge in [0.05, 0.1) is 5.54 Å². The zero-order valence-electron chi connectivity index (χ0n) is 16.2. The summed E-state index contributed by atoms with van der Waals surface area (Å²) in [6.07, 6.45) is 3.27. The molecule has 3 rings (SSSR count). The molecule has 0 aliphatic rings. The van der Waals surface area contributed by atoms with Gasteiger partial charge in [-0.1, -0.05) is 72.8 Å². The van der Waals surface area contributed by atoms with E-state index in [1.807, 2.05) is 85.8 Å². The van der Waals surface area contributed by atoms with Crippen LogP contribution in [0.2, 0.25) is 0 Å². The van der Waals surface area contributed by atoms with Crippen molar-refractivity contribution in [3.05, 3.63) is 108 Å². The Labute approximate surface area is 171 Å². The highest BCUT2D eigenvalue weighted by Crippen LogP contribution is 2.29. The molecule has 0 saturated heterocycles. The second-order valence-corrected chi connectivity index (χ2v) is 6.70. The second-order valence-electron chi connectivity index (χ2n) is 6.70. The lowest BCUT2D eigenvalue weighted by Gasteiger charge is -2.31. The van der Waals surface area contributed by atoms with Crippen LogP contribution in [0.4, 0.5) is 0 Å². The molecular formula is C25H22N2O2. The molecule has 0 saturated carbocycles. The molecule has 0 aliphatic heterocycles. The van der Waals surface area contributed by atoms with E-state index in [0.717, 1.165) is 16.7 Å². The van der Waals surface area contributed by atoms with Gasteiger partial charge in [0, 0.05) is 6.08 Å². The first-order valence-corrected chi connectivity index (χ1v) is 9.33. The second kappa shape index (κ2) is 9.38. The van der Waals surface area contributed by atoms with Crippen molar-refractivity contribution in [1.29, 1.82) is 5.26 Å². The summed E-state index contributed by atoms with van der Waals surface area (Å²) < 4.78 is 5.24. The minimum absolute atomic E-state index is 0.00907. The van der Waals surface area contributed by atoms with Gasteiger partial charge in [-0.15, -0.1) is 0 Å². The van der Waals surface area contributed by atoms with Crippen LogP contribution >= 0.6 is 0 Å². The Hall–Kier alpha value is -3.84. The smallest absolute Gasteiger partial charge is 0.244 e. The standard InChI is InChI=1S/C25H22N2O2/c1-25(21-8-4-2-5-9-21,22-10-6-3-7-11-22)27-24(28)17-14-20-12-15-23(16-13-20)29-19-18-26/h2-17H,19H2,1H3,(H,27,28)/b17-14+. The first kappa shape index (κ1) is 19.9. The minimum Gasteiger partial charge on any atom is -0.479 e. The quantitative estimate of drug-likeness (QED) is 0.604. The molecule has 3 aromatic rings. The maximum absolute atomic E-state index is 12.7. The summed E-state index contributed by atoms with van der Waals surface area (Å²) >= 11 is 0. The molecule has 0 aliphatic carbocycles. The van der Waals surface area contributed by atoms with Gasteiger partial charge in [0.2, 0.25) is 5.91 Å². The molecule has 0 heterocycles. The highest BCUT2D eigenvalue weighted by molar-refractivity contribution is 5.92. The van der Waals surface area contributed by atoms with Crippen LogP contribution in [-0.4, -0.2) is 12.5 Å². The van der Waals surface area contributed by atoms with Crippen LogP contribution in [-0.2, 0) is 10.3 Å². The predicted molar refractivity (Wildman–Crippen MR) is 114 cm³/mol. The number of ether oxygens (including phenoxy) is 1. The fourth-order valence-corrected chi connectivity index (χ4v) is 3.10. The first-order chi connectivity index (χ1) is 14.1. The molecule has 0 bridgehead atoms. The molecular weight excluding hydrogens is 360 g/mol. The number of nitriles is 1. The molecule has 0 spiro atoms. The van der Waals surface area contributed by atoms with Gasteiger partial charge >= 0.3 is 0 Å². The third-order valence-corrected chi connectivity index (χ3v) is 4.69. The molecule has 4 nitrogen and oxygen atoms in total. The van der Waals surface area contributed by atoms with Crippen LogP contribution in [0.5, 0.6) is 5.75 Å². The van der Waals surface area contributed by atoms with Crippen molar-refractivity contribution in [1.82, 2.24) is 5.32 Å². The normalized spacial score (nSPS) is 11.0. The maximum Gasteiger partial charge on any atom is 0.244 e. The van der Waals surface area contributed by atoms with E-state index in [-0.39, 0.29) is 12.5 Å². The van der Waals surface area contributed by atoms with Crippen LogP contribution in [0.25, 0.3) is 6.08 Å². The number of amides is 1. The Bertz CT molecular complexity index is 965. The van der Waals surface area contributed by atoms with Gasteiger partial charge in [-0.05, 0) is 41.8 Å². The van der Waals surface area contributed by atoms with E-state index >= 15 is 0 Å². The average molecular weight is 382 g/mol. The van der Waals surface area contributed by atoms with Crippen molar-refractivity contribution in [2.45, 2.75) is 12.5 Å². The summed E-state index contributed by atoms with van der Waals surface area (Å²) in [6.45, 7) is 2.01. The predicted octanol–water partition coefficient (Wildman–Crippen LogP) is 4.68. The third kappa shape index (κ3) is 5.12. The summed E-state index contributed by atoms with van der Waals surface area (Å²) in [5, 5.41) is 11.7. The van der Waals surface area contributed by atoms with Gasteiger partial charge in [0.25, 0.3) is 0 Å². The number of nitrogens with zero attached hydrogens (tertiary/aromatic N) is 1. The summed E-state index contributed by atoms with van der Waals surface area (Å²) in [5.74, 6) is 0.430. The number of hydrogen-bond acceptors (Lipinski definition) is 3. The fraction of sp³-hybridized carbons (Fsp3) is 0.120. The van der Waals surface area contributed by atoms with Crippen molar-refractivity contribution in [2.24, 2.45) is 0 Å². The van der Waals surface area contributed by atoms with Crippen LogP contribution in [0.15, 0.2) is 91.0 Å². The van der Waals surface area contributed by atoms with Gasteiger partial charge in [-0.2, -0.15) is 5.26 Å². The number of hydrogen-bond donors (Lipinski definition) is 1. The van der Waals surface area contributed by atoms with E-state index in [1.54, 1.807) is 18.2 Å². The topological polar surface area (TPSA) is 62.1 Å². The van der Waals surface area contributed by atoms with E-state index in [2.05, 4.69) is 5.32 Å². The summed E-state index contributed by atoms with van der Waals surface area (Å²) in [6, 6.07) is 29.0. The highest BCUT2D eigenvalue weighted by Gasteiger charge is 2.29. The number of carbonyl (C=O) groups is 1. The van der Waals surface area contributed by atoms with Crippen LogP contribution < -0.4 is 10.1 Å². The third-order valence-electron chi connectivity index (χ3n) is 4.69. The van der Waals surface area contributed by atoms with Gasteiger partial charge in [0.1, 0.15) is 11.8 Å². The Morgan fingerprint density at radius 1 is 0.966 bits per heavy atom. The van der Waals surface area contributed by atoms with Gasteiger partial charge < -0.3 is 10.1 Å². The van der Waals surface area contributed by atoms with E-state index < -0.39 is 5.54 Å². The lowest BCUT2D eigenvalue weighted by Crippen LogP contribution is -2.43. The molecule has 0 fully saturated rings. The van der Waals surface area contributed by atoms with Crippen molar-refractivity contribution >= 4 is 12.0 Å². The minimum atomic E-state index is -0.654. The summed E-state index contributed by atoms with van der Waals surface area (Å²) in [7, 11) is 0. The lowest BCUT2D eigenvalue weighted by atomic mass is 9.84. The van der Waals surface area contributed by atoms with Gasteiger partial charge in [-0.3, -0.25) is 4.79 Å². The zero-order chi connectivity index (χ0) is 20.5. The largest absolute Gasteiger partial charge is 0.479 e. The van der Waals surface area contributed by atoms with Gasteiger partial charge in [0.15, 0.2) is 6.61 Å². The first-order valence-electron chi connectivity index (χ1n) is 9.33. The number of rotatable bonds is 7. The molecule has 1 amide bonds. The average Bonchev–Trinajstić information content (AvgIpc) is 2.78. The van der Waals surface area contributed by atoms with E-state index in [1.165, 1.54) is 6.08 Å². The lowest BCUT2D eigenvalue weighted by molar-refractivity contribution is -0.117. The number of nitrogens with one attached hydrogen (secondary N) is 1. The maximum atomic E-state index is 12.7. The molecule has 3 aromatic carbocycles. The molecule has 0 radical (unpaired) electrons. The molecule has 4 heteroatoms. The van der Waals surface area contributed by atoms with E-state index in [9.17, 15) is 4.79 Å². The number of carbonyl (C=O) groups excluding carboxylic acids is 1. The molecule has 144 valence electrons. The Kier molecular flexibility index (Phi) is 6.44. The molecule has 29 heavy (non-hydrogen) atoms. The molecule has 0 unspecified atom stereocenters. The zero-order valence-corrected chi connectivity index (χ0v) is 16.2. The van der Waals surface area contributed by atoms with Crippen LogP contribution in [0.3, 0.4) is 0 Å². The van der Waals surface area contributed by atoms with Crippen LogP contribution in [0, 0.1) is 11.3 Å². The summed E-state index contributed by atoms with van der Waals surface area (Å²) in [4.78, 5) is 12.7. The SMILES string of the molecule is CC(NC(=O)/C=C/c1ccc(OCC#N)cc1)(c1ccccc1)c1ccccc1. The van der Waals surface area contributed by atoms with Crippen molar-refractivity contribution in [3.8, 4) is 11.8 Å². The Morgan fingerprint density at radius 2 is 1.52 bits per heavy atom. The van der Waals surface area contributed by atoms with Crippen LogP contribution in [0.1, 0.15) is 23.6 Å². The molecule has 0 atom stereocenters. The van der Waals surface area contributed by atoms with E-state index in [0.29, 0.717) is 5.75 Å². The Balaban J connectivity index is 1.77.